The number of hydrogen-bond acceptors (Lipinski definition) is 5. The number of sulfonamides is 1. The minimum absolute atomic E-state index is 0.0546. The van der Waals surface area contributed by atoms with E-state index in [9.17, 15) is 13.2 Å². The number of rotatable bonds is 10. The van der Waals surface area contributed by atoms with Crippen molar-refractivity contribution in [2.75, 3.05) is 17.5 Å². The Hall–Kier alpha value is -3.79. The first kappa shape index (κ1) is 30.2. The molecule has 3 aromatic carbocycles. The first-order valence-electron chi connectivity index (χ1n) is 12.8. The summed E-state index contributed by atoms with van der Waals surface area (Å²) >= 11 is 12.5. The molecule has 0 saturated heterocycles. The van der Waals surface area contributed by atoms with Gasteiger partial charge in [-0.3, -0.25) is 9.10 Å². The number of benzene rings is 3. The van der Waals surface area contributed by atoms with E-state index in [0.717, 1.165) is 32.5 Å². The number of hydrazone groups is 1. The second-order valence-electron chi connectivity index (χ2n) is 9.28. The minimum atomic E-state index is -4.12. The molecule has 0 aliphatic heterocycles. The monoisotopic (exact) mass is 612 g/mol. The van der Waals surface area contributed by atoms with Crippen molar-refractivity contribution < 1.29 is 17.9 Å². The molecule has 41 heavy (non-hydrogen) atoms. The second-order valence-corrected chi connectivity index (χ2v) is 12.0. The lowest BCUT2D eigenvalue weighted by Crippen LogP contribution is -2.39. The fourth-order valence-electron chi connectivity index (χ4n) is 4.37. The molecule has 0 unspecified atom stereocenters. The van der Waals surface area contributed by atoms with Crippen LogP contribution in [-0.2, 0) is 14.8 Å². The van der Waals surface area contributed by atoms with Crippen LogP contribution in [0.1, 0.15) is 29.4 Å². The van der Waals surface area contributed by atoms with Crippen LogP contribution in [0.2, 0.25) is 10.0 Å². The van der Waals surface area contributed by atoms with E-state index in [1.54, 1.807) is 55.5 Å². The average molecular weight is 614 g/mol. The number of carbonyl (C=O) groups is 1. The summed E-state index contributed by atoms with van der Waals surface area (Å²) in [4.78, 5) is 13.1. The number of nitrogens with zero attached hydrogens (tertiary/aromatic N) is 3. The smallest absolute Gasteiger partial charge is 0.264 e. The van der Waals surface area contributed by atoms with Gasteiger partial charge in [-0.2, -0.15) is 5.10 Å². The van der Waals surface area contributed by atoms with Crippen molar-refractivity contribution in [2.24, 2.45) is 5.10 Å². The normalized spacial score (nSPS) is 11.6. The molecule has 1 aromatic heterocycles. The molecule has 0 spiro atoms. The van der Waals surface area contributed by atoms with Gasteiger partial charge in [0.25, 0.3) is 15.9 Å². The molecule has 0 radical (unpaired) electrons. The molecule has 0 fully saturated rings. The van der Waals surface area contributed by atoms with Gasteiger partial charge >= 0.3 is 0 Å². The van der Waals surface area contributed by atoms with Gasteiger partial charge in [0.2, 0.25) is 0 Å². The molecule has 4 aromatic rings. The van der Waals surface area contributed by atoms with Crippen LogP contribution in [-0.4, -0.2) is 38.3 Å². The van der Waals surface area contributed by atoms with Gasteiger partial charge in [-0.25, -0.2) is 13.8 Å². The van der Waals surface area contributed by atoms with E-state index in [-0.39, 0.29) is 10.6 Å². The largest absolute Gasteiger partial charge is 0.492 e. The number of amides is 1. The standard InChI is InChI=1S/C30H30Cl2N4O4S/c1-5-40-29-9-7-6-8-28(29)35(41(38,39)25-13-10-20(2)11-14-25)19-30(37)34-33-18-23-16-21(3)36(22(23)4)27-15-12-24(31)17-26(27)32/h6-18H,5,19H2,1-4H3,(H,34,37)/b33-18-. The Kier molecular flexibility index (Phi) is 9.42. The van der Waals surface area contributed by atoms with E-state index < -0.39 is 22.5 Å². The molecule has 1 amide bonds. The first-order valence-corrected chi connectivity index (χ1v) is 15.0. The maximum Gasteiger partial charge on any atom is 0.264 e. The van der Waals surface area contributed by atoms with Gasteiger partial charge in [-0.05, 0) is 76.2 Å². The zero-order valence-electron chi connectivity index (χ0n) is 23.1. The van der Waals surface area contributed by atoms with Gasteiger partial charge in [0.15, 0.2) is 0 Å². The van der Waals surface area contributed by atoms with E-state index in [1.807, 2.05) is 37.5 Å². The zero-order chi connectivity index (χ0) is 29.7. The Labute approximate surface area is 250 Å². The number of para-hydroxylation sites is 2. The molecule has 0 aliphatic carbocycles. The Morgan fingerprint density at radius 1 is 1.02 bits per heavy atom. The summed E-state index contributed by atoms with van der Waals surface area (Å²) in [5.41, 5.74) is 6.89. The molecule has 11 heteroatoms. The first-order chi connectivity index (χ1) is 19.5. The van der Waals surface area contributed by atoms with E-state index in [4.69, 9.17) is 27.9 Å². The van der Waals surface area contributed by atoms with Crippen molar-refractivity contribution in [3.8, 4) is 11.4 Å². The van der Waals surface area contributed by atoms with Crippen LogP contribution in [0.5, 0.6) is 5.75 Å². The molecule has 1 N–H and O–H groups in total. The maximum atomic E-state index is 13.7. The summed E-state index contributed by atoms with van der Waals surface area (Å²) in [5.74, 6) is -0.284. The summed E-state index contributed by atoms with van der Waals surface area (Å²) in [6.45, 7) is 7.31. The maximum absolute atomic E-state index is 13.7. The van der Waals surface area contributed by atoms with Crippen molar-refractivity contribution >= 4 is 51.0 Å². The second kappa shape index (κ2) is 12.8. The molecule has 214 valence electrons. The molecule has 0 saturated carbocycles. The fraction of sp³-hybridized carbons (Fsp3) is 0.200. The van der Waals surface area contributed by atoms with Crippen molar-refractivity contribution in [3.63, 3.8) is 0 Å². The Balaban J connectivity index is 1.60. The van der Waals surface area contributed by atoms with E-state index >= 15 is 0 Å². The van der Waals surface area contributed by atoms with Crippen molar-refractivity contribution in [2.45, 2.75) is 32.6 Å². The summed E-state index contributed by atoms with van der Waals surface area (Å²) < 4.78 is 36.1. The third-order valence-corrected chi connectivity index (χ3v) is 8.66. The van der Waals surface area contributed by atoms with Gasteiger partial charge < -0.3 is 9.30 Å². The van der Waals surface area contributed by atoms with Gasteiger partial charge in [0.05, 0.1) is 34.1 Å². The van der Waals surface area contributed by atoms with E-state index in [0.29, 0.717) is 22.4 Å². The SMILES string of the molecule is CCOc1ccccc1N(CC(=O)N/N=C\c1cc(C)n(-c2ccc(Cl)cc2Cl)c1C)S(=O)(=O)c1ccc(C)cc1. The quantitative estimate of drug-likeness (QED) is 0.164. The summed E-state index contributed by atoms with van der Waals surface area (Å²) in [5, 5.41) is 5.15. The highest BCUT2D eigenvalue weighted by Gasteiger charge is 2.29. The lowest BCUT2D eigenvalue weighted by Gasteiger charge is -2.25. The van der Waals surface area contributed by atoms with E-state index in [1.165, 1.54) is 18.3 Å². The summed E-state index contributed by atoms with van der Waals surface area (Å²) in [6.07, 6.45) is 1.51. The van der Waals surface area contributed by atoms with Crippen molar-refractivity contribution in [1.82, 2.24) is 9.99 Å². The zero-order valence-corrected chi connectivity index (χ0v) is 25.4. The van der Waals surface area contributed by atoms with E-state index in [2.05, 4.69) is 10.5 Å². The van der Waals surface area contributed by atoms with Crippen LogP contribution in [0.15, 0.2) is 82.8 Å². The minimum Gasteiger partial charge on any atom is -0.492 e. The molecule has 0 atom stereocenters. The number of aromatic nitrogens is 1. The van der Waals surface area contributed by atoms with Gasteiger partial charge in [0.1, 0.15) is 12.3 Å². The van der Waals surface area contributed by atoms with Crippen LogP contribution < -0.4 is 14.5 Å². The highest BCUT2D eigenvalue weighted by molar-refractivity contribution is 7.92. The number of halogens is 2. The predicted molar refractivity (Wildman–Crippen MR) is 164 cm³/mol. The van der Waals surface area contributed by atoms with Crippen LogP contribution >= 0.6 is 23.2 Å². The van der Waals surface area contributed by atoms with Crippen molar-refractivity contribution in [3.05, 3.63) is 105 Å². The van der Waals surface area contributed by atoms with Crippen molar-refractivity contribution in [1.29, 1.82) is 0 Å². The lowest BCUT2D eigenvalue weighted by molar-refractivity contribution is -0.119. The molecule has 8 nitrogen and oxygen atoms in total. The number of carbonyl (C=O) groups excluding carboxylic acids is 1. The predicted octanol–water partition coefficient (Wildman–Crippen LogP) is 6.45. The summed E-state index contributed by atoms with van der Waals surface area (Å²) in [7, 11) is -4.12. The van der Waals surface area contributed by atoms with Crippen LogP contribution in [0.4, 0.5) is 5.69 Å². The number of hydrogen-bond donors (Lipinski definition) is 1. The molecular weight excluding hydrogens is 583 g/mol. The van der Waals surface area contributed by atoms with Crippen LogP contribution in [0.25, 0.3) is 5.69 Å². The van der Waals surface area contributed by atoms with Crippen LogP contribution in [0, 0.1) is 20.8 Å². The number of aryl methyl sites for hydroxylation is 2. The van der Waals surface area contributed by atoms with Gasteiger partial charge in [0, 0.05) is 22.0 Å². The lowest BCUT2D eigenvalue weighted by atomic mass is 10.2. The molecular formula is C30H30Cl2N4O4S. The summed E-state index contributed by atoms with van der Waals surface area (Å²) in [6, 6.07) is 20.3. The molecule has 0 aliphatic rings. The fourth-order valence-corrected chi connectivity index (χ4v) is 6.29. The van der Waals surface area contributed by atoms with Gasteiger partial charge in [-0.1, -0.05) is 53.0 Å². The average Bonchev–Trinajstić information content (AvgIpc) is 3.20. The molecule has 4 rings (SSSR count). The third kappa shape index (κ3) is 6.75. The molecule has 0 bridgehead atoms. The third-order valence-electron chi connectivity index (χ3n) is 6.34. The number of anilines is 1. The van der Waals surface area contributed by atoms with Crippen LogP contribution in [0.3, 0.4) is 0 Å². The highest BCUT2D eigenvalue weighted by Crippen LogP contribution is 2.33. The Morgan fingerprint density at radius 2 is 1.73 bits per heavy atom. The molecule has 1 heterocycles. The Bertz CT molecular complexity index is 1700. The highest BCUT2D eigenvalue weighted by atomic mass is 35.5. The Morgan fingerprint density at radius 3 is 2.41 bits per heavy atom. The topological polar surface area (TPSA) is 93.0 Å². The number of ether oxygens (including phenoxy) is 1. The van der Waals surface area contributed by atoms with Gasteiger partial charge in [-0.15, -0.1) is 0 Å². The number of nitrogens with one attached hydrogen (secondary N) is 1.